The number of carbonyl (C=O) groups is 1. The summed E-state index contributed by atoms with van der Waals surface area (Å²) in [6.45, 7) is 2.68. The van der Waals surface area contributed by atoms with Crippen LogP contribution in [0, 0.1) is 13.8 Å². The van der Waals surface area contributed by atoms with E-state index in [9.17, 15) is 13.2 Å². The van der Waals surface area contributed by atoms with Crippen LogP contribution in [0.3, 0.4) is 0 Å². The van der Waals surface area contributed by atoms with E-state index in [4.69, 9.17) is 5.11 Å². The molecule has 0 radical (unpaired) electrons. The van der Waals surface area contributed by atoms with E-state index in [0.29, 0.717) is 16.8 Å². The Balaban J connectivity index is 2.47. The van der Waals surface area contributed by atoms with Crippen molar-refractivity contribution in [3.05, 3.63) is 59.4 Å². The number of aryl methyl sites for hydroxylation is 2. The predicted octanol–water partition coefficient (Wildman–Crippen LogP) is 1.97. The van der Waals surface area contributed by atoms with Crippen LogP contribution >= 0.6 is 0 Å². The molecule has 7 heteroatoms. The second-order valence-corrected chi connectivity index (χ2v) is 7.08. The van der Waals surface area contributed by atoms with E-state index in [1.807, 2.05) is 0 Å². The molecule has 2 aromatic rings. The van der Waals surface area contributed by atoms with Crippen LogP contribution in [0.2, 0.25) is 0 Å². The number of aliphatic carboxylic acids is 1. The highest BCUT2D eigenvalue weighted by Gasteiger charge is 2.29. The first kappa shape index (κ1) is 17.1. The molecule has 122 valence electrons. The van der Waals surface area contributed by atoms with Crippen molar-refractivity contribution in [1.29, 1.82) is 0 Å². The third kappa shape index (κ3) is 3.94. The summed E-state index contributed by atoms with van der Waals surface area (Å²) < 4.78 is 26.8. The lowest BCUT2D eigenvalue weighted by molar-refractivity contribution is -0.137. The lowest BCUT2D eigenvalue weighted by atomic mass is 10.2. The van der Waals surface area contributed by atoms with E-state index >= 15 is 0 Å². The normalized spacial score (nSPS) is 11.6. The van der Waals surface area contributed by atoms with Gasteiger partial charge in [-0.1, -0.05) is 24.3 Å². The molecule has 1 N–H and O–H groups in total. The van der Waals surface area contributed by atoms with E-state index in [1.54, 1.807) is 56.4 Å². The van der Waals surface area contributed by atoms with Gasteiger partial charge < -0.3 is 5.11 Å². The van der Waals surface area contributed by atoms with Crippen LogP contribution in [-0.2, 0) is 21.4 Å². The monoisotopic (exact) mass is 334 g/mol. The zero-order chi connectivity index (χ0) is 17.0. The first-order valence-electron chi connectivity index (χ1n) is 7.00. The Morgan fingerprint density at radius 2 is 1.78 bits per heavy atom. The molecule has 0 spiro atoms. The zero-order valence-electron chi connectivity index (χ0n) is 12.9. The molecule has 1 heterocycles. The Morgan fingerprint density at radius 1 is 1.13 bits per heavy atom. The van der Waals surface area contributed by atoms with Crippen LogP contribution in [-0.4, -0.2) is 35.3 Å². The fraction of sp³-hybridized carbons (Fsp3) is 0.250. The van der Waals surface area contributed by atoms with E-state index in [-0.39, 0.29) is 11.4 Å². The fourth-order valence-electron chi connectivity index (χ4n) is 2.38. The SMILES string of the molecule is Cc1cccc(C)c1S(=O)(=O)N(CC(=O)O)Cc1ccccn1. The largest absolute Gasteiger partial charge is 0.480 e. The Labute approximate surface area is 135 Å². The fourth-order valence-corrected chi connectivity index (χ4v) is 4.17. The maximum atomic E-state index is 12.9. The molecule has 0 saturated carbocycles. The van der Waals surface area contributed by atoms with Gasteiger partial charge in [-0.2, -0.15) is 4.31 Å². The van der Waals surface area contributed by atoms with Gasteiger partial charge in [-0.3, -0.25) is 9.78 Å². The number of nitrogens with zero attached hydrogens (tertiary/aromatic N) is 2. The van der Waals surface area contributed by atoms with Crippen molar-refractivity contribution < 1.29 is 18.3 Å². The van der Waals surface area contributed by atoms with Crippen molar-refractivity contribution >= 4 is 16.0 Å². The molecule has 0 atom stereocenters. The Hall–Kier alpha value is -2.25. The first-order chi connectivity index (χ1) is 10.8. The molecule has 0 bridgehead atoms. The summed E-state index contributed by atoms with van der Waals surface area (Å²) in [5.74, 6) is -1.21. The Kier molecular flexibility index (Phi) is 5.12. The summed E-state index contributed by atoms with van der Waals surface area (Å²) in [5.41, 5.74) is 1.66. The van der Waals surface area contributed by atoms with Gasteiger partial charge in [0.15, 0.2) is 0 Å². The molecule has 0 aliphatic rings. The van der Waals surface area contributed by atoms with E-state index < -0.39 is 22.5 Å². The molecule has 0 amide bonds. The van der Waals surface area contributed by atoms with E-state index in [2.05, 4.69) is 4.98 Å². The maximum absolute atomic E-state index is 12.9. The van der Waals surface area contributed by atoms with Crippen LogP contribution in [0.15, 0.2) is 47.5 Å². The summed E-state index contributed by atoms with van der Waals surface area (Å²) in [6, 6.07) is 10.3. The smallest absolute Gasteiger partial charge is 0.318 e. The molecule has 1 aromatic heterocycles. The number of carboxylic acids is 1. The number of sulfonamides is 1. The first-order valence-corrected chi connectivity index (χ1v) is 8.44. The second kappa shape index (κ2) is 6.89. The van der Waals surface area contributed by atoms with Crippen molar-refractivity contribution in [2.24, 2.45) is 0 Å². The average Bonchev–Trinajstić information content (AvgIpc) is 2.46. The van der Waals surface area contributed by atoms with Gasteiger partial charge >= 0.3 is 5.97 Å². The third-order valence-corrected chi connectivity index (χ3v) is 5.48. The minimum atomic E-state index is -3.94. The van der Waals surface area contributed by atoms with Crippen LogP contribution in [0.4, 0.5) is 0 Å². The van der Waals surface area contributed by atoms with Crippen molar-refractivity contribution in [3.8, 4) is 0 Å². The van der Waals surface area contributed by atoms with Gasteiger partial charge in [-0.05, 0) is 37.1 Å². The van der Waals surface area contributed by atoms with Gasteiger partial charge in [-0.15, -0.1) is 0 Å². The molecule has 0 fully saturated rings. The number of carboxylic acid groups (broad SMARTS) is 1. The van der Waals surface area contributed by atoms with Gasteiger partial charge in [0.2, 0.25) is 10.0 Å². The summed E-state index contributed by atoms with van der Waals surface area (Å²) in [4.78, 5) is 15.4. The average molecular weight is 334 g/mol. The van der Waals surface area contributed by atoms with E-state index in [1.165, 1.54) is 0 Å². The van der Waals surface area contributed by atoms with Gasteiger partial charge in [0, 0.05) is 6.20 Å². The minimum Gasteiger partial charge on any atom is -0.480 e. The van der Waals surface area contributed by atoms with Gasteiger partial charge in [0.05, 0.1) is 17.1 Å². The number of hydrogen-bond acceptors (Lipinski definition) is 4. The van der Waals surface area contributed by atoms with Crippen LogP contribution in [0.5, 0.6) is 0 Å². The number of benzene rings is 1. The van der Waals surface area contributed by atoms with Gasteiger partial charge in [0.25, 0.3) is 0 Å². The number of hydrogen-bond donors (Lipinski definition) is 1. The third-order valence-electron chi connectivity index (χ3n) is 3.38. The minimum absolute atomic E-state index is 0.0940. The Morgan fingerprint density at radius 3 is 2.30 bits per heavy atom. The summed E-state index contributed by atoms with van der Waals surface area (Å²) >= 11 is 0. The highest BCUT2D eigenvalue weighted by atomic mass is 32.2. The second-order valence-electron chi connectivity index (χ2n) is 5.21. The highest BCUT2D eigenvalue weighted by Crippen LogP contribution is 2.24. The molecule has 0 unspecified atom stereocenters. The van der Waals surface area contributed by atoms with Crippen molar-refractivity contribution in [2.45, 2.75) is 25.3 Å². The Bertz CT molecular complexity index is 784. The number of aromatic nitrogens is 1. The summed E-state index contributed by atoms with van der Waals surface area (Å²) in [5, 5.41) is 9.08. The molecule has 6 nitrogen and oxygen atoms in total. The zero-order valence-corrected chi connectivity index (χ0v) is 13.7. The van der Waals surface area contributed by atoms with Crippen molar-refractivity contribution in [2.75, 3.05) is 6.54 Å². The standard InChI is InChI=1S/C16H18N2O4S/c1-12-6-5-7-13(2)16(12)23(21,22)18(11-15(19)20)10-14-8-3-4-9-17-14/h3-9H,10-11H2,1-2H3,(H,19,20). The maximum Gasteiger partial charge on any atom is 0.318 e. The molecule has 0 aliphatic heterocycles. The number of pyridine rings is 1. The van der Waals surface area contributed by atoms with Gasteiger partial charge in [-0.25, -0.2) is 8.42 Å². The summed E-state index contributed by atoms with van der Waals surface area (Å²) in [6.07, 6.45) is 1.54. The van der Waals surface area contributed by atoms with Gasteiger partial charge in [0.1, 0.15) is 6.54 Å². The molecule has 23 heavy (non-hydrogen) atoms. The molecule has 0 aliphatic carbocycles. The highest BCUT2D eigenvalue weighted by molar-refractivity contribution is 7.89. The number of rotatable bonds is 6. The van der Waals surface area contributed by atoms with Crippen molar-refractivity contribution in [1.82, 2.24) is 9.29 Å². The van der Waals surface area contributed by atoms with Crippen LogP contribution < -0.4 is 0 Å². The quantitative estimate of drug-likeness (QED) is 0.872. The van der Waals surface area contributed by atoms with Crippen molar-refractivity contribution in [3.63, 3.8) is 0 Å². The molecule has 2 rings (SSSR count). The topological polar surface area (TPSA) is 87.6 Å². The van der Waals surface area contributed by atoms with E-state index in [0.717, 1.165) is 4.31 Å². The molecule has 0 saturated heterocycles. The van der Waals surface area contributed by atoms with Crippen LogP contribution in [0.1, 0.15) is 16.8 Å². The van der Waals surface area contributed by atoms with Crippen LogP contribution in [0.25, 0.3) is 0 Å². The summed E-state index contributed by atoms with van der Waals surface area (Å²) in [7, 11) is -3.94. The molecular formula is C16H18N2O4S. The predicted molar refractivity (Wildman–Crippen MR) is 85.4 cm³/mol. The molecule has 1 aromatic carbocycles. The lowest BCUT2D eigenvalue weighted by Gasteiger charge is -2.22. The lowest BCUT2D eigenvalue weighted by Crippen LogP contribution is -2.36. The molecular weight excluding hydrogens is 316 g/mol.